The van der Waals surface area contributed by atoms with Crippen LogP contribution >= 0.6 is 0 Å². The van der Waals surface area contributed by atoms with Gasteiger partial charge in [-0.1, -0.05) is 0 Å². The molecule has 0 spiro atoms. The molecule has 0 aromatic heterocycles. The maximum atomic E-state index is 10.8. The highest BCUT2D eigenvalue weighted by Crippen LogP contribution is 2.13. The minimum atomic E-state index is -5.08. The van der Waals surface area contributed by atoms with Gasteiger partial charge in [0.15, 0.2) is 0 Å². The summed E-state index contributed by atoms with van der Waals surface area (Å²) in [5.41, 5.74) is 5.18. The summed E-state index contributed by atoms with van der Waals surface area (Å²) < 4.78 is 31.7. The second-order valence-corrected chi connectivity index (χ2v) is 3.16. The zero-order valence-corrected chi connectivity index (χ0v) is 9.49. The van der Waals surface area contributed by atoms with Crippen LogP contribution in [0.3, 0.4) is 0 Å². The highest BCUT2D eigenvalue weighted by molar-refractivity contribution is 5.86. The first-order chi connectivity index (χ1) is 7.89. The number of alkyl halides is 3. The Balaban J connectivity index is 0. The van der Waals surface area contributed by atoms with Crippen molar-refractivity contribution in [2.24, 2.45) is 5.73 Å². The molecule has 0 heterocycles. The molecule has 18 heavy (non-hydrogen) atoms. The van der Waals surface area contributed by atoms with Gasteiger partial charge in [0.25, 0.3) is 0 Å². The Morgan fingerprint density at radius 3 is 1.67 bits per heavy atom. The molecule has 106 valence electrons. The molecule has 2 atom stereocenters. The third-order valence-corrected chi connectivity index (χ3v) is 1.39. The fourth-order valence-corrected chi connectivity index (χ4v) is 0.407. The predicted octanol–water partition coefficient (Wildman–Crippen LogP) is -0.444. The molecule has 0 aromatic carbocycles. The van der Waals surface area contributed by atoms with Crippen molar-refractivity contribution in [2.75, 3.05) is 0 Å². The van der Waals surface area contributed by atoms with E-state index in [0.29, 0.717) is 0 Å². The Labute approximate surface area is 99.8 Å². The van der Waals surface area contributed by atoms with E-state index in [1.165, 1.54) is 13.8 Å². The minimum absolute atomic E-state index is 0.458. The van der Waals surface area contributed by atoms with E-state index < -0.39 is 36.1 Å². The average Bonchev–Trinajstić information content (AvgIpc) is 2.16. The van der Waals surface area contributed by atoms with Crippen molar-refractivity contribution in [1.29, 1.82) is 0 Å². The SMILES string of the molecule is C[C@H](N)C(=O)N[C@H](C)C(=O)O.O=C(O)C(F)(F)F. The summed E-state index contributed by atoms with van der Waals surface area (Å²) in [7, 11) is 0. The lowest BCUT2D eigenvalue weighted by Gasteiger charge is -2.10. The van der Waals surface area contributed by atoms with Gasteiger partial charge < -0.3 is 21.3 Å². The Bertz CT molecular complexity index is 316. The number of hydrogen-bond donors (Lipinski definition) is 4. The smallest absolute Gasteiger partial charge is 0.480 e. The number of halogens is 3. The van der Waals surface area contributed by atoms with Crippen LogP contribution < -0.4 is 11.1 Å². The quantitative estimate of drug-likeness (QED) is 0.552. The Kier molecular flexibility index (Phi) is 7.70. The zero-order valence-electron chi connectivity index (χ0n) is 9.49. The summed E-state index contributed by atoms with van der Waals surface area (Å²) in [4.78, 5) is 29.9. The van der Waals surface area contributed by atoms with Crippen LogP contribution in [0, 0.1) is 0 Å². The highest BCUT2D eigenvalue weighted by atomic mass is 19.4. The first-order valence-electron chi connectivity index (χ1n) is 4.48. The molecule has 10 heteroatoms. The van der Waals surface area contributed by atoms with Crippen LogP contribution in [0.1, 0.15) is 13.8 Å². The third-order valence-electron chi connectivity index (χ3n) is 1.39. The van der Waals surface area contributed by atoms with Crippen LogP contribution in [0.5, 0.6) is 0 Å². The number of carboxylic acids is 2. The van der Waals surface area contributed by atoms with Gasteiger partial charge in [0.2, 0.25) is 5.91 Å². The van der Waals surface area contributed by atoms with Crippen molar-refractivity contribution >= 4 is 17.8 Å². The third kappa shape index (κ3) is 9.39. The molecule has 0 fully saturated rings. The molecule has 0 aromatic rings. The van der Waals surface area contributed by atoms with Crippen LogP contribution in [-0.4, -0.2) is 46.3 Å². The Morgan fingerprint density at radius 2 is 1.50 bits per heavy atom. The number of amides is 1. The van der Waals surface area contributed by atoms with Crippen molar-refractivity contribution in [3.63, 3.8) is 0 Å². The standard InChI is InChI=1S/C6H12N2O3.C2HF3O2/c1-3(7)5(9)8-4(2)6(10)11;3-2(4,5)1(6)7/h3-4H,7H2,1-2H3,(H,8,9)(H,10,11);(H,6,7)/t3-,4+;/m0./s1. The molecular formula is C8H13F3N2O5. The maximum absolute atomic E-state index is 10.8. The predicted molar refractivity (Wildman–Crippen MR) is 52.6 cm³/mol. The lowest BCUT2D eigenvalue weighted by molar-refractivity contribution is -0.192. The lowest BCUT2D eigenvalue weighted by Crippen LogP contribution is -2.45. The summed E-state index contributed by atoms with van der Waals surface area (Å²) in [6.45, 7) is 2.87. The number of aliphatic carboxylic acids is 2. The van der Waals surface area contributed by atoms with Gasteiger partial charge in [-0.15, -0.1) is 0 Å². The van der Waals surface area contributed by atoms with Gasteiger partial charge in [0, 0.05) is 0 Å². The Hall–Kier alpha value is -1.84. The first-order valence-corrected chi connectivity index (χ1v) is 4.48. The molecule has 0 bridgehead atoms. The number of carbonyl (C=O) groups is 3. The van der Waals surface area contributed by atoms with Gasteiger partial charge >= 0.3 is 18.1 Å². The van der Waals surface area contributed by atoms with Crippen molar-refractivity contribution in [3.8, 4) is 0 Å². The molecule has 0 rings (SSSR count). The lowest BCUT2D eigenvalue weighted by atomic mass is 10.3. The molecule has 1 amide bonds. The molecule has 0 aliphatic heterocycles. The molecular weight excluding hydrogens is 261 g/mol. The number of carboxylic acid groups (broad SMARTS) is 2. The molecule has 5 N–H and O–H groups in total. The van der Waals surface area contributed by atoms with Gasteiger partial charge in [-0.3, -0.25) is 9.59 Å². The fourth-order valence-electron chi connectivity index (χ4n) is 0.407. The number of hydrogen-bond acceptors (Lipinski definition) is 4. The van der Waals surface area contributed by atoms with Crippen molar-refractivity contribution in [2.45, 2.75) is 32.1 Å². The van der Waals surface area contributed by atoms with E-state index in [-0.39, 0.29) is 0 Å². The summed E-state index contributed by atoms with van der Waals surface area (Å²) in [6.07, 6.45) is -5.08. The second-order valence-electron chi connectivity index (χ2n) is 3.16. The van der Waals surface area contributed by atoms with Gasteiger partial charge in [-0.25, -0.2) is 4.79 Å². The summed E-state index contributed by atoms with van der Waals surface area (Å²) >= 11 is 0. The van der Waals surface area contributed by atoms with E-state index in [1.54, 1.807) is 0 Å². The monoisotopic (exact) mass is 274 g/mol. The average molecular weight is 274 g/mol. The zero-order chi connectivity index (χ0) is 15.1. The molecule has 7 nitrogen and oxygen atoms in total. The van der Waals surface area contributed by atoms with Crippen molar-refractivity contribution in [1.82, 2.24) is 5.32 Å². The Morgan fingerprint density at radius 1 is 1.17 bits per heavy atom. The maximum Gasteiger partial charge on any atom is 0.490 e. The van der Waals surface area contributed by atoms with Gasteiger partial charge in [0.05, 0.1) is 6.04 Å². The van der Waals surface area contributed by atoms with Crippen LogP contribution in [0.2, 0.25) is 0 Å². The van der Waals surface area contributed by atoms with Gasteiger partial charge in [0.1, 0.15) is 6.04 Å². The van der Waals surface area contributed by atoms with Crippen LogP contribution in [0.4, 0.5) is 13.2 Å². The second kappa shape index (κ2) is 7.48. The number of carbonyl (C=O) groups excluding carboxylic acids is 1. The molecule has 0 saturated carbocycles. The van der Waals surface area contributed by atoms with Crippen molar-refractivity contribution < 1.29 is 37.8 Å². The van der Waals surface area contributed by atoms with Crippen LogP contribution in [-0.2, 0) is 14.4 Å². The van der Waals surface area contributed by atoms with E-state index in [9.17, 15) is 22.8 Å². The van der Waals surface area contributed by atoms with Gasteiger partial charge in [-0.2, -0.15) is 13.2 Å². The van der Waals surface area contributed by atoms with E-state index in [4.69, 9.17) is 20.7 Å². The molecule has 0 unspecified atom stereocenters. The van der Waals surface area contributed by atoms with Gasteiger partial charge in [-0.05, 0) is 13.8 Å². The normalized spacial score (nSPS) is 13.7. The number of nitrogens with one attached hydrogen (secondary N) is 1. The summed E-state index contributed by atoms with van der Waals surface area (Å²) in [5.74, 6) is -4.29. The largest absolute Gasteiger partial charge is 0.490 e. The van der Waals surface area contributed by atoms with E-state index in [0.717, 1.165) is 0 Å². The van der Waals surface area contributed by atoms with Crippen LogP contribution in [0.15, 0.2) is 0 Å². The van der Waals surface area contributed by atoms with Crippen molar-refractivity contribution in [3.05, 3.63) is 0 Å². The number of nitrogens with two attached hydrogens (primary N) is 1. The fraction of sp³-hybridized carbons (Fsp3) is 0.625. The molecule has 0 aliphatic carbocycles. The van der Waals surface area contributed by atoms with E-state index in [1.807, 2.05) is 0 Å². The number of rotatable bonds is 3. The summed E-state index contributed by atoms with van der Waals surface area (Å²) in [6, 6.07) is -1.55. The first kappa shape index (κ1) is 18.5. The minimum Gasteiger partial charge on any atom is -0.480 e. The molecule has 0 aliphatic rings. The highest BCUT2D eigenvalue weighted by Gasteiger charge is 2.38. The van der Waals surface area contributed by atoms with Crippen LogP contribution in [0.25, 0.3) is 0 Å². The summed E-state index contributed by atoms with van der Waals surface area (Å²) in [5, 5.41) is 17.7. The van der Waals surface area contributed by atoms with E-state index in [2.05, 4.69) is 5.32 Å². The topological polar surface area (TPSA) is 130 Å². The molecule has 0 radical (unpaired) electrons. The van der Waals surface area contributed by atoms with E-state index >= 15 is 0 Å². The molecule has 0 saturated heterocycles.